The average Bonchev–Trinajstić information content (AvgIpc) is 2.84. The SMILES string of the molecule is CCC(C)(C)C1CCC(NC(=O)Nc2cnn(C)c2)CC1. The van der Waals surface area contributed by atoms with Crippen LogP contribution in [0.4, 0.5) is 10.5 Å². The van der Waals surface area contributed by atoms with Crippen LogP contribution >= 0.6 is 0 Å². The third-order valence-corrected chi connectivity index (χ3v) is 5.04. The second kappa shape index (κ2) is 6.50. The predicted octanol–water partition coefficient (Wildman–Crippen LogP) is 3.54. The summed E-state index contributed by atoms with van der Waals surface area (Å²) in [6.45, 7) is 6.99. The van der Waals surface area contributed by atoms with E-state index in [1.165, 1.54) is 19.3 Å². The van der Waals surface area contributed by atoms with Gasteiger partial charge in [0.15, 0.2) is 0 Å². The number of carbonyl (C=O) groups is 1. The minimum absolute atomic E-state index is 0.124. The maximum atomic E-state index is 12.0. The lowest BCUT2D eigenvalue weighted by Gasteiger charge is -2.39. The highest BCUT2D eigenvalue weighted by Crippen LogP contribution is 2.40. The molecule has 1 aliphatic rings. The topological polar surface area (TPSA) is 59.0 Å². The highest BCUT2D eigenvalue weighted by Gasteiger charge is 2.32. The Morgan fingerprint density at radius 2 is 2.05 bits per heavy atom. The van der Waals surface area contributed by atoms with Gasteiger partial charge >= 0.3 is 6.03 Å². The normalized spacial score (nSPS) is 22.9. The smallest absolute Gasteiger partial charge is 0.319 e. The first-order valence-corrected chi connectivity index (χ1v) is 7.97. The van der Waals surface area contributed by atoms with E-state index < -0.39 is 0 Å². The summed E-state index contributed by atoms with van der Waals surface area (Å²) >= 11 is 0. The molecule has 2 N–H and O–H groups in total. The van der Waals surface area contributed by atoms with Crippen LogP contribution in [0.15, 0.2) is 12.4 Å². The molecule has 1 saturated carbocycles. The van der Waals surface area contributed by atoms with Crippen LogP contribution in [-0.4, -0.2) is 21.9 Å². The monoisotopic (exact) mass is 292 g/mol. The van der Waals surface area contributed by atoms with Crippen LogP contribution < -0.4 is 10.6 Å². The lowest BCUT2D eigenvalue weighted by molar-refractivity contribution is 0.139. The van der Waals surface area contributed by atoms with E-state index in [1.54, 1.807) is 17.1 Å². The van der Waals surface area contributed by atoms with Crippen molar-refractivity contribution in [2.45, 2.75) is 58.9 Å². The van der Waals surface area contributed by atoms with Gasteiger partial charge in [0.2, 0.25) is 0 Å². The summed E-state index contributed by atoms with van der Waals surface area (Å²) in [4.78, 5) is 12.0. The van der Waals surface area contributed by atoms with Crippen molar-refractivity contribution < 1.29 is 4.79 Å². The number of nitrogens with zero attached hydrogens (tertiary/aromatic N) is 2. The summed E-state index contributed by atoms with van der Waals surface area (Å²) in [6.07, 6.45) is 9.23. The van der Waals surface area contributed by atoms with Crippen molar-refractivity contribution >= 4 is 11.7 Å². The number of aromatic nitrogens is 2. The number of carbonyl (C=O) groups excluding carboxylic acids is 1. The highest BCUT2D eigenvalue weighted by atomic mass is 16.2. The molecule has 1 aromatic rings. The maximum Gasteiger partial charge on any atom is 0.319 e. The Balaban J connectivity index is 1.77. The van der Waals surface area contributed by atoms with E-state index in [1.807, 2.05) is 7.05 Å². The van der Waals surface area contributed by atoms with Gasteiger partial charge in [-0.2, -0.15) is 5.10 Å². The molecule has 0 radical (unpaired) electrons. The Bertz CT molecular complexity index is 472. The first-order chi connectivity index (χ1) is 9.90. The summed E-state index contributed by atoms with van der Waals surface area (Å²) in [5.74, 6) is 0.780. The minimum atomic E-state index is -0.124. The fourth-order valence-electron chi connectivity index (χ4n) is 3.15. The Labute approximate surface area is 127 Å². The Kier molecular flexibility index (Phi) is 4.91. The van der Waals surface area contributed by atoms with Crippen LogP contribution in [0.5, 0.6) is 0 Å². The standard InChI is InChI=1S/C16H28N4O/c1-5-16(2,3)12-6-8-13(9-7-12)18-15(21)19-14-10-17-20(4)11-14/h10-13H,5-9H2,1-4H3,(H2,18,19,21). The van der Waals surface area contributed by atoms with Crippen LogP contribution in [0.1, 0.15) is 52.9 Å². The van der Waals surface area contributed by atoms with Crippen molar-refractivity contribution in [1.82, 2.24) is 15.1 Å². The molecular weight excluding hydrogens is 264 g/mol. The molecule has 2 amide bonds. The third kappa shape index (κ3) is 4.22. The number of anilines is 1. The summed E-state index contributed by atoms with van der Waals surface area (Å²) in [5, 5.41) is 9.95. The van der Waals surface area contributed by atoms with E-state index in [0.29, 0.717) is 11.5 Å². The van der Waals surface area contributed by atoms with Gasteiger partial charge in [-0.3, -0.25) is 4.68 Å². The van der Waals surface area contributed by atoms with Gasteiger partial charge < -0.3 is 10.6 Å². The molecule has 118 valence electrons. The Morgan fingerprint density at radius 1 is 1.38 bits per heavy atom. The number of aryl methyl sites for hydroxylation is 1. The van der Waals surface area contributed by atoms with E-state index in [4.69, 9.17) is 0 Å². The molecule has 5 heteroatoms. The zero-order chi connectivity index (χ0) is 15.5. The molecule has 2 rings (SSSR count). The highest BCUT2D eigenvalue weighted by molar-refractivity contribution is 5.89. The summed E-state index contributed by atoms with van der Waals surface area (Å²) in [6, 6.07) is 0.173. The lowest BCUT2D eigenvalue weighted by atomic mass is 9.69. The molecule has 5 nitrogen and oxygen atoms in total. The van der Waals surface area contributed by atoms with Gasteiger partial charge in [0.25, 0.3) is 0 Å². The van der Waals surface area contributed by atoms with Gasteiger partial charge in [0, 0.05) is 19.3 Å². The van der Waals surface area contributed by atoms with Crippen LogP contribution in [0, 0.1) is 11.3 Å². The Hall–Kier alpha value is -1.52. The number of hydrogen-bond donors (Lipinski definition) is 2. The van der Waals surface area contributed by atoms with Gasteiger partial charge in [-0.1, -0.05) is 27.2 Å². The second-order valence-electron chi connectivity index (χ2n) is 6.89. The van der Waals surface area contributed by atoms with E-state index >= 15 is 0 Å². The van der Waals surface area contributed by atoms with Crippen molar-refractivity contribution in [1.29, 1.82) is 0 Å². The van der Waals surface area contributed by atoms with E-state index in [2.05, 4.69) is 36.5 Å². The zero-order valence-electron chi connectivity index (χ0n) is 13.6. The molecule has 0 aliphatic heterocycles. The van der Waals surface area contributed by atoms with E-state index in [9.17, 15) is 4.79 Å². The fourth-order valence-corrected chi connectivity index (χ4v) is 3.15. The molecule has 1 aliphatic carbocycles. The molecule has 0 aromatic carbocycles. The average molecular weight is 292 g/mol. The van der Waals surface area contributed by atoms with Crippen LogP contribution in [0.2, 0.25) is 0 Å². The lowest BCUT2D eigenvalue weighted by Crippen LogP contribution is -2.41. The molecule has 0 atom stereocenters. The van der Waals surface area contributed by atoms with Gasteiger partial charge in [-0.25, -0.2) is 4.79 Å². The molecule has 1 aromatic heterocycles. The van der Waals surface area contributed by atoms with Gasteiger partial charge in [-0.05, 0) is 37.0 Å². The molecule has 21 heavy (non-hydrogen) atoms. The molecule has 1 fully saturated rings. The van der Waals surface area contributed by atoms with Gasteiger partial charge in [0.1, 0.15) is 0 Å². The van der Waals surface area contributed by atoms with Crippen LogP contribution in [0.3, 0.4) is 0 Å². The van der Waals surface area contributed by atoms with Crippen molar-refractivity contribution in [3.8, 4) is 0 Å². The van der Waals surface area contributed by atoms with Crippen LogP contribution in [-0.2, 0) is 7.05 Å². The fraction of sp³-hybridized carbons (Fsp3) is 0.750. The zero-order valence-corrected chi connectivity index (χ0v) is 13.6. The number of nitrogens with one attached hydrogen (secondary N) is 2. The summed E-state index contributed by atoms with van der Waals surface area (Å²) < 4.78 is 1.67. The van der Waals surface area contributed by atoms with Crippen molar-refractivity contribution in [2.75, 3.05) is 5.32 Å². The molecule has 1 heterocycles. The van der Waals surface area contributed by atoms with Gasteiger partial charge in [-0.15, -0.1) is 0 Å². The number of amides is 2. The quantitative estimate of drug-likeness (QED) is 0.891. The van der Waals surface area contributed by atoms with Crippen LogP contribution in [0.25, 0.3) is 0 Å². The Morgan fingerprint density at radius 3 is 2.57 bits per heavy atom. The minimum Gasteiger partial charge on any atom is -0.335 e. The van der Waals surface area contributed by atoms with Crippen molar-refractivity contribution in [3.63, 3.8) is 0 Å². The number of hydrogen-bond acceptors (Lipinski definition) is 2. The summed E-state index contributed by atoms with van der Waals surface area (Å²) in [5.41, 5.74) is 1.15. The third-order valence-electron chi connectivity index (χ3n) is 5.04. The van der Waals surface area contributed by atoms with Crippen molar-refractivity contribution in [3.05, 3.63) is 12.4 Å². The maximum absolute atomic E-state index is 12.0. The molecule has 0 saturated heterocycles. The molecule has 0 spiro atoms. The van der Waals surface area contributed by atoms with Crippen molar-refractivity contribution in [2.24, 2.45) is 18.4 Å². The van der Waals surface area contributed by atoms with E-state index in [-0.39, 0.29) is 6.03 Å². The molecular formula is C16H28N4O. The predicted molar refractivity (Wildman–Crippen MR) is 85.2 cm³/mol. The molecule has 0 bridgehead atoms. The number of rotatable bonds is 4. The second-order valence-corrected chi connectivity index (χ2v) is 6.89. The first kappa shape index (κ1) is 15.9. The first-order valence-electron chi connectivity index (χ1n) is 7.97. The van der Waals surface area contributed by atoms with Gasteiger partial charge in [0.05, 0.1) is 11.9 Å². The summed E-state index contributed by atoms with van der Waals surface area (Å²) in [7, 11) is 1.83. The largest absolute Gasteiger partial charge is 0.335 e. The molecule has 0 unspecified atom stereocenters. The number of urea groups is 1. The van der Waals surface area contributed by atoms with E-state index in [0.717, 1.165) is 24.4 Å².